The topological polar surface area (TPSA) is 23.8 Å². The van der Waals surface area contributed by atoms with E-state index < -0.39 is 7.26 Å². The molecule has 0 radical (unpaired) electrons. The Morgan fingerprint density at radius 1 is 0.545 bits per heavy atom. The van der Waals surface area contributed by atoms with Gasteiger partial charge in [0.15, 0.2) is 0 Å². The molecule has 0 heterocycles. The number of nitrogens with zero attached hydrogens (tertiary/aromatic N) is 1. The summed E-state index contributed by atoms with van der Waals surface area (Å²) in [6.45, 7) is 0. The Kier molecular flexibility index (Phi) is 7.05. The third-order valence-electron chi connectivity index (χ3n) is 6.04. The molecular formula is C30H23BrNP. The second-order valence-electron chi connectivity index (χ2n) is 7.98. The molecule has 3 heteroatoms. The molecule has 0 aromatic heterocycles. The molecule has 5 aromatic rings. The Balaban J connectivity index is 0.00000259. The lowest BCUT2D eigenvalue weighted by atomic mass is 10.1. The Morgan fingerprint density at radius 3 is 1.52 bits per heavy atom. The Hall–Kier alpha value is -3.24. The molecule has 0 fully saturated rings. The van der Waals surface area contributed by atoms with Crippen molar-refractivity contribution < 1.29 is 17.0 Å². The van der Waals surface area contributed by atoms with Crippen LogP contribution in [0.5, 0.6) is 0 Å². The smallest absolute Gasteiger partial charge is 0.116 e. The monoisotopic (exact) mass is 507 g/mol. The summed E-state index contributed by atoms with van der Waals surface area (Å²) in [6.07, 6.45) is 0.928. The molecule has 33 heavy (non-hydrogen) atoms. The van der Waals surface area contributed by atoms with Gasteiger partial charge in [-0.15, -0.1) is 0 Å². The predicted octanol–water partition coefficient (Wildman–Crippen LogP) is 3.21. The molecule has 0 aliphatic carbocycles. The van der Waals surface area contributed by atoms with E-state index in [1.54, 1.807) is 0 Å². The van der Waals surface area contributed by atoms with Crippen LogP contribution in [0.3, 0.4) is 0 Å². The summed E-state index contributed by atoms with van der Waals surface area (Å²) in [5, 5.41) is 15.8. The number of fused-ring (bicyclic) bond motifs is 1. The van der Waals surface area contributed by atoms with Gasteiger partial charge >= 0.3 is 0 Å². The minimum absolute atomic E-state index is 0. The van der Waals surface area contributed by atoms with Crippen molar-refractivity contribution in [3.05, 3.63) is 139 Å². The summed E-state index contributed by atoms with van der Waals surface area (Å²) in [5.41, 5.74) is 1.99. The molecule has 0 aliphatic rings. The van der Waals surface area contributed by atoms with E-state index in [1.165, 1.54) is 21.5 Å². The van der Waals surface area contributed by atoms with Crippen molar-refractivity contribution in [3.8, 4) is 6.07 Å². The number of nitriles is 1. The van der Waals surface area contributed by atoms with Crippen molar-refractivity contribution in [2.75, 3.05) is 0 Å². The Bertz CT molecular complexity index is 1300. The van der Waals surface area contributed by atoms with Crippen LogP contribution < -0.4 is 32.9 Å². The minimum atomic E-state index is -1.94. The second kappa shape index (κ2) is 10.1. The minimum Gasteiger partial charge on any atom is -1.00 e. The zero-order valence-corrected chi connectivity index (χ0v) is 20.6. The summed E-state index contributed by atoms with van der Waals surface area (Å²) in [6, 6.07) is 47.7. The van der Waals surface area contributed by atoms with Crippen LogP contribution >= 0.6 is 7.26 Å². The van der Waals surface area contributed by atoms with Gasteiger partial charge in [-0.05, 0) is 70.9 Å². The molecule has 5 aromatic carbocycles. The number of hydrogen-bond donors (Lipinski definition) is 0. The van der Waals surface area contributed by atoms with Crippen LogP contribution in [0.4, 0.5) is 0 Å². The molecule has 0 amide bonds. The summed E-state index contributed by atoms with van der Waals surface area (Å²) in [7, 11) is -1.94. The first-order valence-electron chi connectivity index (χ1n) is 10.8. The molecule has 160 valence electrons. The van der Waals surface area contributed by atoms with Crippen LogP contribution in [0.15, 0.2) is 127 Å². The molecule has 0 atom stereocenters. The lowest BCUT2D eigenvalue weighted by Gasteiger charge is -2.28. The predicted molar refractivity (Wildman–Crippen MR) is 138 cm³/mol. The van der Waals surface area contributed by atoms with Crippen molar-refractivity contribution in [3.63, 3.8) is 0 Å². The summed E-state index contributed by atoms with van der Waals surface area (Å²) in [5.74, 6) is 0. The number of halogens is 1. The van der Waals surface area contributed by atoms with E-state index in [0.29, 0.717) is 5.56 Å². The van der Waals surface area contributed by atoms with Gasteiger partial charge in [0.05, 0.1) is 17.8 Å². The number of hydrogen-bond acceptors (Lipinski definition) is 1. The lowest BCUT2D eigenvalue weighted by molar-refractivity contribution is -0.00000637. The maximum absolute atomic E-state index is 9.35. The second-order valence-corrected chi connectivity index (χ2v) is 11.5. The van der Waals surface area contributed by atoms with Gasteiger partial charge in [-0.1, -0.05) is 72.8 Å². The molecule has 0 saturated heterocycles. The first kappa shape index (κ1) is 22.9. The van der Waals surface area contributed by atoms with Crippen molar-refractivity contribution in [1.82, 2.24) is 0 Å². The quantitative estimate of drug-likeness (QED) is 0.335. The first-order chi connectivity index (χ1) is 15.8. The van der Waals surface area contributed by atoms with Gasteiger partial charge in [-0.3, -0.25) is 0 Å². The summed E-state index contributed by atoms with van der Waals surface area (Å²) < 4.78 is 0. The summed E-state index contributed by atoms with van der Waals surface area (Å²) >= 11 is 0. The fourth-order valence-corrected chi connectivity index (χ4v) is 8.74. The van der Waals surface area contributed by atoms with E-state index in [9.17, 15) is 5.26 Å². The normalized spacial score (nSPS) is 10.9. The Labute approximate surface area is 206 Å². The summed E-state index contributed by atoms with van der Waals surface area (Å²) in [4.78, 5) is 0. The van der Waals surface area contributed by atoms with Gasteiger partial charge in [0, 0.05) is 0 Å². The van der Waals surface area contributed by atoms with Crippen molar-refractivity contribution in [1.29, 1.82) is 5.26 Å². The van der Waals surface area contributed by atoms with Gasteiger partial charge in [0.2, 0.25) is 0 Å². The average Bonchev–Trinajstić information content (AvgIpc) is 2.88. The standard InChI is InChI=1S/C30H23NP.BrH/c31-22-24-16-18-26-19-17-25(21-27(26)20-24)23-32(28-10-4-1-5-11-28,29-12-6-2-7-13-29)30-14-8-3-9-15-30;/h1-21H,23H2;1H/q+1;/p-1. The van der Waals surface area contributed by atoms with Gasteiger partial charge in [-0.25, -0.2) is 0 Å². The van der Waals surface area contributed by atoms with Gasteiger partial charge < -0.3 is 17.0 Å². The van der Waals surface area contributed by atoms with E-state index in [0.717, 1.165) is 16.9 Å². The zero-order valence-electron chi connectivity index (χ0n) is 18.1. The highest BCUT2D eigenvalue weighted by molar-refractivity contribution is 7.95. The highest BCUT2D eigenvalue weighted by atomic mass is 79.9. The van der Waals surface area contributed by atoms with E-state index in [4.69, 9.17) is 0 Å². The largest absolute Gasteiger partial charge is 1.00 e. The SMILES string of the molecule is N#Cc1ccc2ccc(C[P+](c3ccccc3)(c3ccccc3)c3ccccc3)cc2c1.[Br-]. The molecule has 0 N–H and O–H groups in total. The Morgan fingerprint density at radius 2 is 1.03 bits per heavy atom. The third kappa shape index (κ3) is 4.49. The van der Waals surface area contributed by atoms with Crippen LogP contribution in [-0.2, 0) is 6.16 Å². The van der Waals surface area contributed by atoms with Crippen LogP contribution in [0, 0.1) is 11.3 Å². The molecule has 0 bridgehead atoms. The maximum atomic E-state index is 9.35. The highest BCUT2D eigenvalue weighted by Crippen LogP contribution is 2.58. The van der Waals surface area contributed by atoms with E-state index in [-0.39, 0.29) is 17.0 Å². The fourth-order valence-electron chi connectivity index (χ4n) is 4.51. The number of rotatable bonds is 5. The fraction of sp³-hybridized carbons (Fsp3) is 0.0333. The highest BCUT2D eigenvalue weighted by Gasteiger charge is 2.45. The zero-order chi connectivity index (χ0) is 21.8. The lowest BCUT2D eigenvalue weighted by Crippen LogP contribution is -3.00. The average molecular weight is 508 g/mol. The molecule has 0 spiro atoms. The van der Waals surface area contributed by atoms with Crippen LogP contribution in [0.1, 0.15) is 11.1 Å². The van der Waals surface area contributed by atoms with Gasteiger partial charge in [-0.2, -0.15) is 5.26 Å². The van der Waals surface area contributed by atoms with Crippen molar-refractivity contribution in [2.45, 2.75) is 6.16 Å². The van der Waals surface area contributed by atoms with Gasteiger partial charge in [0.1, 0.15) is 23.2 Å². The molecule has 1 nitrogen and oxygen atoms in total. The molecule has 5 rings (SSSR count). The van der Waals surface area contributed by atoms with Crippen LogP contribution in [0.25, 0.3) is 10.8 Å². The van der Waals surface area contributed by atoms with E-state index >= 15 is 0 Å². The molecule has 0 saturated carbocycles. The number of benzene rings is 5. The first-order valence-corrected chi connectivity index (χ1v) is 12.7. The van der Waals surface area contributed by atoms with E-state index in [1.807, 2.05) is 18.2 Å². The molecule has 0 aliphatic heterocycles. The van der Waals surface area contributed by atoms with Gasteiger partial charge in [0.25, 0.3) is 0 Å². The van der Waals surface area contributed by atoms with Crippen LogP contribution in [0.2, 0.25) is 0 Å². The van der Waals surface area contributed by atoms with Crippen LogP contribution in [-0.4, -0.2) is 0 Å². The van der Waals surface area contributed by atoms with Crippen molar-refractivity contribution in [2.24, 2.45) is 0 Å². The molecular weight excluding hydrogens is 485 g/mol. The van der Waals surface area contributed by atoms with E-state index in [2.05, 4.69) is 115 Å². The van der Waals surface area contributed by atoms with Crippen molar-refractivity contribution >= 4 is 33.9 Å². The maximum Gasteiger partial charge on any atom is 0.116 e. The molecule has 0 unspecified atom stereocenters. The third-order valence-corrected chi connectivity index (χ3v) is 10.4.